The van der Waals surface area contributed by atoms with Gasteiger partial charge in [-0.3, -0.25) is 0 Å². The summed E-state index contributed by atoms with van der Waals surface area (Å²) in [7, 11) is 0. The topological polar surface area (TPSA) is 35.2 Å². The fourth-order valence-electron chi connectivity index (χ4n) is 1.62. The average Bonchev–Trinajstić information content (AvgIpc) is 2.25. The van der Waals surface area contributed by atoms with E-state index in [9.17, 15) is 0 Å². The first-order valence-electron chi connectivity index (χ1n) is 6.28. The predicted octanol–water partition coefficient (Wildman–Crippen LogP) is 3.41. The monoisotopic (exact) mass is 235 g/mol. The zero-order chi connectivity index (χ0) is 13.1. The second-order valence-corrected chi connectivity index (χ2v) is 5.86. The molecule has 17 heavy (non-hydrogen) atoms. The summed E-state index contributed by atoms with van der Waals surface area (Å²) in [4.78, 5) is 0. The van der Waals surface area contributed by atoms with Crippen molar-refractivity contribution in [2.24, 2.45) is 5.73 Å². The molecule has 2 N–H and O–H groups in total. The van der Waals surface area contributed by atoms with Gasteiger partial charge in [0.05, 0.1) is 18.8 Å². The van der Waals surface area contributed by atoms with Crippen molar-refractivity contribution in [3.63, 3.8) is 0 Å². The molecule has 0 aliphatic heterocycles. The number of benzene rings is 1. The lowest BCUT2D eigenvalue weighted by Crippen LogP contribution is -2.20. The summed E-state index contributed by atoms with van der Waals surface area (Å²) >= 11 is 0. The van der Waals surface area contributed by atoms with Crippen LogP contribution in [0.2, 0.25) is 0 Å². The van der Waals surface area contributed by atoms with Gasteiger partial charge in [-0.2, -0.15) is 0 Å². The molecule has 0 aromatic heterocycles. The van der Waals surface area contributed by atoms with Crippen molar-refractivity contribution < 1.29 is 4.74 Å². The minimum atomic E-state index is -0.0357. The highest BCUT2D eigenvalue weighted by molar-refractivity contribution is 5.29. The molecule has 0 saturated heterocycles. The molecule has 0 amide bonds. The number of hydrogen-bond donors (Lipinski definition) is 1. The second kappa shape index (κ2) is 5.65. The van der Waals surface area contributed by atoms with Crippen LogP contribution in [0.4, 0.5) is 0 Å². The lowest BCUT2D eigenvalue weighted by Gasteiger charge is -2.20. The van der Waals surface area contributed by atoms with E-state index in [0.29, 0.717) is 6.61 Å². The highest BCUT2D eigenvalue weighted by Gasteiger charge is 2.14. The van der Waals surface area contributed by atoms with Gasteiger partial charge < -0.3 is 10.5 Å². The summed E-state index contributed by atoms with van der Waals surface area (Å²) in [6.07, 6.45) is 0.231. The molecule has 1 atom stereocenters. The van der Waals surface area contributed by atoms with E-state index < -0.39 is 0 Å². The summed E-state index contributed by atoms with van der Waals surface area (Å²) < 4.78 is 5.53. The summed E-state index contributed by atoms with van der Waals surface area (Å²) in [5.41, 5.74) is 8.74. The lowest BCUT2D eigenvalue weighted by atomic mass is 9.86. The molecular formula is C15H25NO. The van der Waals surface area contributed by atoms with Gasteiger partial charge in [0.1, 0.15) is 0 Å². The fraction of sp³-hybridized carbons (Fsp3) is 0.600. The van der Waals surface area contributed by atoms with Crippen LogP contribution in [0.15, 0.2) is 24.3 Å². The molecule has 2 nitrogen and oxygen atoms in total. The molecule has 1 unspecified atom stereocenters. The van der Waals surface area contributed by atoms with Gasteiger partial charge in [-0.25, -0.2) is 0 Å². The van der Waals surface area contributed by atoms with E-state index in [2.05, 4.69) is 45.0 Å². The standard InChI is InChI=1S/C15H25NO/c1-11(2)17-10-14(16)12-6-8-13(9-7-12)15(3,4)5/h6-9,11,14H,10,16H2,1-5H3. The maximum atomic E-state index is 6.08. The summed E-state index contributed by atoms with van der Waals surface area (Å²) in [5, 5.41) is 0. The Balaban J connectivity index is 2.67. The molecule has 0 aliphatic carbocycles. The highest BCUT2D eigenvalue weighted by Crippen LogP contribution is 2.23. The summed E-state index contributed by atoms with van der Waals surface area (Å²) in [6, 6.07) is 8.49. The Hall–Kier alpha value is -0.860. The van der Waals surface area contributed by atoms with Crippen LogP contribution in [0.1, 0.15) is 51.8 Å². The Morgan fingerprint density at radius 3 is 2.06 bits per heavy atom. The zero-order valence-corrected chi connectivity index (χ0v) is 11.7. The molecule has 2 heteroatoms. The first kappa shape index (κ1) is 14.2. The van der Waals surface area contributed by atoms with Crippen molar-refractivity contribution in [3.05, 3.63) is 35.4 Å². The molecule has 0 aliphatic rings. The molecule has 0 radical (unpaired) electrons. The van der Waals surface area contributed by atoms with Gasteiger partial charge in [0.25, 0.3) is 0 Å². The van der Waals surface area contributed by atoms with Crippen molar-refractivity contribution >= 4 is 0 Å². The lowest BCUT2D eigenvalue weighted by molar-refractivity contribution is 0.0683. The van der Waals surface area contributed by atoms with E-state index in [-0.39, 0.29) is 17.6 Å². The second-order valence-electron chi connectivity index (χ2n) is 5.86. The first-order valence-corrected chi connectivity index (χ1v) is 6.28. The molecule has 96 valence electrons. The van der Waals surface area contributed by atoms with Gasteiger partial charge in [0.2, 0.25) is 0 Å². The van der Waals surface area contributed by atoms with Crippen molar-refractivity contribution in [2.75, 3.05) is 6.61 Å². The van der Waals surface area contributed by atoms with Gasteiger partial charge in [-0.15, -0.1) is 0 Å². The molecule has 0 saturated carbocycles. The van der Waals surface area contributed by atoms with E-state index in [1.54, 1.807) is 0 Å². The third-order valence-electron chi connectivity index (χ3n) is 2.81. The largest absolute Gasteiger partial charge is 0.377 e. The van der Waals surface area contributed by atoms with Crippen molar-refractivity contribution in [2.45, 2.75) is 52.2 Å². The minimum Gasteiger partial charge on any atom is -0.377 e. The normalized spacial score (nSPS) is 14.1. The van der Waals surface area contributed by atoms with Gasteiger partial charge in [-0.1, -0.05) is 45.0 Å². The van der Waals surface area contributed by atoms with Crippen molar-refractivity contribution in [1.82, 2.24) is 0 Å². The average molecular weight is 235 g/mol. The maximum absolute atomic E-state index is 6.08. The van der Waals surface area contributed by atoms with E-state index in [0.717, 1.165) is 5.56 Å². The quantitative estimate of drug-likeness (QED) is 0.868. The SMILES string of the molecule is CC(C)OCC(N)c1ccc(C(C)(C)C)cc1. The van der Waals surface area contributed by atoms with Gasteiger partial charge in [-0.05, 0) is 30.4 Å². The molecule has 0 fully saturated rings. The van der Waals surface area contributed by atoms with Crippen LogP contribution in [0.25, 0.3) is 0 Å². The fourth-order valence-corrected chi connectivity index (χ4v) is 1.62. The van der Waals surface area contributed by atoms with E-state index >= 15 is 0 Å². The zero-order valence-electron chi connectivity index (χ0n) is 11.7. The van der Waals surface area contributed by atoms with Crippen LogP contribution in [0.3, 0.4) is 0 Å². The third kappa shape index (κ3) is 4.49. The van der Waals surface area contributed by atoms with Crippen LogP contribution >= 0.6 is 0 Å². The molecule has 1 aromatic rings. The molecule has 1 rings (SSSR count). The summed E-state index contributed by atoms with van der Waals surface area (Å²) in [5.74, 6) is 0. The van der Waals surface area contributed by atoms with Gasteiger partial charge in [0.15, 0.2) is 0 Å². The van der Waals surface area contributed by atoms with Crippen LogP contribution in [-0.2, 0) is 10.2 Å². The Bertz CT molecular complexity index is 335. The number of ether oxygens (including phenoxy) is 1. The molecule has 0 spiro atoms. The predicted molar refractivity (Wildman–Crippen MR) is 73.2 cm³/mol. The third-order valence-corrected chi connectivity index (χ3v) is 2.81. The number of rotatable bonds is 4. The molecule has 1 aromatic carbocycles. The van der Waals surface area contributed by atoms with Crippen LogP contribution < -0.4 is 5.73 Å². The van der Waals surface area contributed by atoms with Crippen molar-refractivity contribution in [1.29, 1.82) is 0 Å². The smallest absolute Gasteiger partial charge is 0.0662 e. The number of hydrogen-bond acceptors (Lipinski definition) is 2. The Morgan fingerprint density at radius 2 is 1.65 bits per heavy atom. The highest BCUT2D eigenvalue weighted by atomic mass is 16.5. The first-order chi connectivity index (χ1) is 7.80. The minimum absolute atomic E-state index is 0.0357. The van der Waals surface area contributed by atoms with E-state index in [1.165, 1.54) is 5.56 Å². The Kier molecular flexibility index (Phi) is 4.72. The van der Waals surface area contributed by atoms with Gasteiger partial charge >= 0.3 is 0 Å². The Morgan fingerprint density at radius 1 is 1.12 bits per heavy atom. The molecule has 0 heterocycles. The van der Waals surface area contributed by atoms with Crippen LogP contribution in [0.5, 0.6) is 0 Å². The Labute approximate surface area is 105 Å². The van der Waals surface area contributed by atoms with Crippen LogP contribution in [-0.4, -0.2) is 12.7 Å². The number of nitrogens with two attached hydrogens (primary N) is 1. The molecule has 0 bridgehead atoms. The van der Waals surface area contributed by atoms with E-state index in [1.807, 2.05) is 13.8 Å². The van der Waals surface area contributed by atoms with Gasteiger partial charge in [0, 0.05) is 0 Å². The van der Waals surface area contributed by atoms with E-state index in [4.69, 9.17) is 10.5 Å². The maximum Gasteiger partial charge on any atom is 0.0662 e. The summed E-state index contributed by atoms with van der Waals surface area (Å²) in [6.45, 7) is 11.3. The van der Waals surface area contributed by atoms with Crippen molar-refractivity contribution in [3.8, 4) is 0 Å². The molecular weight excluding hydrogens is 210 g/mol. The van der Waals surface area contributed by atoms with Crippen LogP contribution in [0, 0.1) is 0 Å².